The van der Waals surface area contributed by atoms with Gasteiger partial charge in [0.1, 0.15) is 0 Å². The normalized spacial score (nSPS) is 11.3. The Morgan fingerprint density at radius 2 is 1.88 bits per heavy atom. The van der Waals surface area contributed by atoms with Crippen LogP contribution < -0.4 is 5.32 Å². The first kappa shape index (κ1) is 16.4. The lowest BCUT2D eigenvalue weighted by molar-refractivity contribution is 0.465. The number of hydrogen-bond donors (Lipinski definition) is 1. The first-order valence-corrected chi connectivity index (χ1v) is 6.60. The summed E-state index contributed by atoms with van der Waals surface area (Å²) in [7, 11) is 0.0476. The predicted molar refractivity (Wildman–Crippen MR) is 72.2 cm³/mol. The molecule has 0 atom stereocenters. The first-order chi connectivity index (χ1) is 7.50. The minimum absolute atomic E-state index is 0. The Labute approximate surface area is 109 Å². The molecule has 1 aromatic carbocycles. The highest BCUT2D eigenvalue weighted by molar-refractivity contribution is 7.89. The predicted octanol–water partition coefficient (Wildman–Crippen LogP) is 1.26. The molecule has 0 spiro atoms. The topological polar surface area (TPSA) is 49.4 Å². The van der Waals surface area contributed by atoms with Crippen LogP contribution in [0.25, 0.3) is 0 Å². The molecule has 0 aliphatic rings. The molecular weight excluding hydrogens is 260 g/mol. The summed E-state index contributed by atoms with van der Waals surface area (Å²) < 4.78 is 25.7. The van der Waals surface area contributed by atoms with Gasteiger partial charge in [-0.15, -0.1) is 12.4 Å². The van der Waals surface area contributed by atoms with E-state index in [0.29, 0.717) is 18.0 Å². The Morgan fingerprint density at radius 1 is 1.29 bits per heavy atom. The van der Waals surface area contributed by atoms with Gasteiger partial charge in [0.15, 0.2) is 0 Å². The summed E-state index contributed by atoms with van der Waals surface area (Å²) in [6.07, 6.45) is 0. The monoisotopic (exact) mass is 278 g/mol. The second kappa shape index (κ2) is 6.96. The fourth-order valence-electron chi connectivity index (χ4n) is 1.40. The molecule has 0 aliphatic heterocycles. The Balaban J connectivity index is 0.00000256. The quantitative estimate of drug-likeness (QED) is 0.882. The summed E-state index contributed by atoms with van der Waals surface area (Å²) in [6, 6.07) is 7.02. The molecule has 1 aromatic rings. The van der Waals surface area contributed by atoms with Gasteiger partial charge in [0, 0.05) is 20.1 Å². The average Bonchev–Trinajstić information content (AvgIpc) is 2.26. The molecular formula is C11H19ClN2O2S. The van der Waals surface area contributed by atoms with Gasteiger partial charge in [-0.25, -0.2) is 8.42 Å². The molecule has 0 unspecified atom stereocenters. The molecule has 0 saturated heterocycles. The number of nitrogens with one attached hydrogen (secondary N) is 1. The van der Waals surface area contributed by atoms with Gasteiger partial charge in [-0.3, -0.25) is 0 Å². The summed E-state index contributed by atoms with van der Waals surface area (Å²) in [5.74, 6) is 0. The van der Waals surface area contributed by atoms with E-state index in [1.165, 1.54) is 4.31 Å². The lowest BCUT2D eigenvalue weighted by atomic mass is 10.2. The number of rotatable bonds is 5. The summed E-state index contributed by atoms with van der Waals surface area (Å²) in [4.78, 5) is 0.383. The first-order valence-electron chi connectivity index (χ1n) is 5.16. The van der Waals surface area contributed by atoms with E-state index in [1.807, 2.05) is 6.07 Å². The second-order valence-corrected chi connectivity index (χ2v) is 5.71. The summed E-state index contributed by atoms with van der Waals surface area (Å²) in [5, 5.41) is 2.93. The molecule has 6 heteroatoms. The third-order valence-electron chi connectivity index (χ3n) is 2.46. The van der Waals surface area contributed by atoms with Crippen LogP contribution in [0.4, 0.5) is 0 Å². The van der Waals surface area contributed by atoms with E-state index in [4.69, 9.17) is 0 Å². The smallest absolute Gasteiger partial charge is 0.243 e. The zero-order valence-electron chi connectivity index (χ0n) is 10.3. The second-order valence-electron chi connectivity index (χ2n) is 3.70. The average molecular weight is 279 g/mol. The zero-order valence-corrected chi connectivity index (χ0v) is 11.9. The Bertz CT molecular complexity index is 449. The van der Waals surface area contributed by atoms with Gasteiger partial charge in [0.2, 0.25) is 10.0 Å². The Kier molecular flexibility index (Phi) is 6.70. The highest BCUT2D eigenvalue weighted by Crippen LogP contribution is 2.17. The summed E-state index contributed by atoms with van der Waals surface area (Å²) in [6.45, 7) is 2.91. The number of aryl methyl sites for hydroxylation is 1. The molecule has 0 fully saturated rings. The molecule has 0 heterocycles. The van der Waals surface area contributed by atoms with Gasteiger partial charge in [-0.2, -0.15) is 4.31 Å². The van der Waals surface area contributed by atoms with Gasteiger partial charge < -0.3 is 5.32 Å². The molecule has 17 heavy (non-hydrogen) atoms. The number of benzene rings is 1. The number of hydrogen-bond acceptors (Lipinski definition) is 3. The number of halogens is 1. The number of likely N-dealkylation sites (N-methyl/N-ethyl adjacent to an activating group) is 2. The molecule has 4 nitrogen and oxygen atoms in total. The highest BCUT2D eigenvalue weighted by atomic mass is 35.5. The largest absolute Gasteiger partial charge is 0.318 e. The molecule has 0 aromatic heterocycles. The van der Waals surface area contributed by atoms with E-state index < -0.39 is 10.0 Å². The van der Waals surface area contributed by atoms with Gasteiger partial charge in [-0.1, -0.05) is 18.2 Å². The van der Waals surface area contributed by atoms with Crippen molar-refractivity contribution in [1.29, 1.82) is 0 Å². The van der Waals surface area contributed by atoms with Gasteiger partial charge >= 0.3 is 0 Å². The Morgan fingerprint density at radius 3 is 2.41 bits per heavy atom. The third kappa shape index (κ3) is 3.96. The molecule has 0 bridgehead atoms. The van der Waals surface area contributed by atoms with Crippen LogP contribution in [-0.4, -0.2) is 39.9 Å². The maximum atomic E-state index is 12.2. The van der Waals surface area contributed by atoms with Crippen LogP contribution in [0.15, 0.2) is 29.2 Å². The fourth-order valence-corrected chi connectivity index (χ4v) is 2.80. The van der Waals surface area contributed by atoms with E-state index in [-0.39, 0.29) is 12.4 Å². The van der Waals surface area contributed by atoms with Crippen molar-refractivity contribution < 1.29 is 8.42 Å². The van der Waals surface area contributed by atoms with Crippen LogP contribution in [0, 0.1) is 6.92 Å². The van der Waals surface area contributed by atoms with E-state index >= 15 is 0 Å². The van der Waals surface area contributed by atoms with Crippen LogP contribution in [0.1, 0.15) is 5.56 Å². The minimum Gasteiger partial charge on any atom is -0.318 e. The molecule has 0 aliphatic carbocycles. The van der Waals surface area contributed by atoms with Crippen molar-refractivity contribution in [2.24, 2.45) is 0 Å². The molecule has 0 saturated carbocycles. The van der Waals surface area contributed by atoms with E-state index in [1.54, 1.807) is 39.2 Å². The van der Waals surface area contributed by atoms with Gasteiger partial charge in [-0.05, 0) is 25.6 Å². The maximum Gasteiger partial charge on any atom is 0.243 e. The molecule has 98 valence electrons. The maximum absolute atomic E-state index is 12.2. The van der Waals surface area contributed by atoms with Crippen molar-refractivity contribution >= 4 is 22.4 Å². The van der Waals surface area contributed by atoms with Crippen molar-refractivity contribution in [3.05, 3.63) is 29.8 Å². The minimum atomic E-state index is -3.35. The number of sulfonamides is 1. The van der Waals surface area contributed by atoms with E-state index in [0.717, 1.165) is 5.56 Å². The van der Waals surface area contributed by atoms with E-state index in [2.05, 4.69) is 5.32 Å². The highest BCUT2D eigenvalue weighted by Gasteiger charge is 2.21. The van der Waals surface area contributed by atoms with E-state index in [9.17, 15) is 8.42 Å². The van der Waals surface area contributed by atoms with Crippen molar-refractivity contribution in [2.45, 2.75) is 11.8 Å². The van der Waals surface area contributed by atoms with Crippen LogP contribution in [0.3, 0.4) is 0 Å². The SMILES string of the molecule is CNCCN(C)S(=O)(=O)c1ccccc1C.Cl. The van der Waals surface area contributed by atoms with Crippen LogP contribution in [0.5, 0.6) is 0 Å². The summed E-state index contributed by atoms with van der Waals surface area (Å²) >= 11 is 0. The fraction of sp³-hybridized carbons (Fsp3) is 0.455. The summed E-state index contributed by atoms with van der Waals surface area (Å²) in [5.41, 5.74) is 0.777. The van der Waals surface area contributed by atoms with Gasteiger partial charge in [0.25, 0.3) is 0 Å². The number of nitrogens with zero attached hydrogens (tertiary/aromatic N) is 1. The van der Waals surface area contributed by atoms with Crippen molar-refractivity contribution in [2.75, 3.05) is 27.2 Å². The van der Waals surface area contributed by atoms with Gasteiger partial charge in [0.05, 0.1) is 4.90 Å². The van der Waals surface area contributed by atoms with Crippen molar-refractivity contribution in [3.63, 3.8) is 0 Å². The van der Waals surface area contributed by atoms with Crippen LogP contribution in [-0.2, 0) is 10.0 Å². The lowest BCUT2D eigenvalue weighted by Crippen LogP contribution is -2.33. The standard InChI is InChI=1S/C11H18N2O2S.ClH/c1-10-6-4-5-7-11(10)16(14,15)13(3)9-8-12-2;/h4-7,12H,8-9H2,1-3H3;1H. The molecule has 1 N–H and O–H groups in total. The van der Waals surface area contributed by atoms with Crippen LogP contribution >= 0.6 is 12.4 Å². The lowest BCUT2D eigenvalue weighted by Gasteiger charge is -2.18. The zero-order chi connectivity index (χ0) is 12.2. The van der Waals surface area contributed by atoms with Crippen molar-refractivity contribution in [1.82, 2.24) is 9.62 Å². The van der Waals surface area contributed by atoms with Crippen molar-refractivity contribution in [3.8, 4) is 0 Å². The molecule has 1 rings (SSSR count). The van der Waals surface area contributed by atoms with Crippen LogP contribution in [0.2, 0.25) is 0 Å². The molecule has 0 amide bonds. The third-order valence-corrected chi connectivity index (χ3v) is 4.48. The Hall–Kier alpha value is -0.620. The molecule has 0 radical (unpaired) electrons.